The van der Waals surface area contributed by atoms with E-state index in [1.165, 1.54) is 11.7 Å². The van der Waals surface area contributed by atoms with Crippen LogP contribution in [0.3, 0.4) is 0 Å². The zero-order valence-electron chi connectivity index (χ0n) is 25.4. The van der Waals surface area contributed by atoms with Crippen molar-refractivity contribution in [2.75, 3.05) is 39.4 Å². The van der Waals surface area contributed by atoms with Gasteiger partial charge in [-0.25, -0.2) is 14.6 Å². The van der Waals surface area contributed by atoms with Crippen LogP contribution >= 0.6 is 0 Å². The molecule has 1 aliphatic rings. The Morgan fingerprint density at radius 3 is 2.33 bits per heavy atom. The maximum absolute atomic E-state index is 13.1. The average molecular weight is 606 g/mol. The minimum absolute atomic E-state index is 0.272. The molecule has 0 amide bonds. The van der Waals surface area contributed by atoms with Crippen LogP contribution in [0.1, 0.15) is 61.1 Å². The third-order valence-electron chi connectivity index (χ3n) is 7.34. The average Bonchev–Trinajstić information content (AvgIpc) is 3.40. The highest BCUT2D eigenvalue weighted by atomic mass is 19.4. The SMILES string of the molecule is COC(=O)c1ccc([C@@H]2C[C@H](OCC(F)(F)F)CCN2N(C)c2c(OC)cc(C)c3c2ccn3C(=O)OC(C)(C)C)cc1. The first kappa shape index (κ1) is 32.2. The lowest BCUT2D eigenvalue weighted by Gasteiger charge is -2.45. The predicted molar refractivity (Wildman–Crippen MR) is 156 cm³/mol. The quantitative estimate of drug-likeness (QED) is 0.277. The van der Waals surface area contributed by atoms with E-state index in [2.05, 4.69) is 0 Å². The van der Waals surface area contributed by atoms with Crippen LogP contribution in [-0.2, 0) is 14.2 Å². The number of methoxy groups -OCH3 is 2. The molecule has 12 heteroatoms. The minimum Gasteiger partial charge on any atom is -0.494 e. The molecule has 2 aromatic carbocycles. The summed E-state index contributed by atoms with van der Waals surface area (Å²) in [5.74, 6) is 0.0708. The smallest absolute Gasteiger partial charge is 0.419 e. The second-order valence-corrected chi connectivity index (χ2v) is 11.6. The number of piperidine rings is 1. The van der Waals surface area contributed by atoms with E-state index in [0.717, 1.165) is 16.5 Å². The van der Waals surface area contributed by atoms with E-state index in [4.69, 9.17) is 18.9 Å². The van der Waals surface area contributed by atoms with Gasteiger partial charge in [0.25, 0.3) is 0 Å². The molecule has 234 valence electrons. The number of rotatable bonds is 7. The molecule has 4 rings (SSSR count). The molecule has 9 nitrogen and oxygen atoms in total. The van der Waals surface area contributed by atoms with Crippen molar-refractivity contribution in [2.24, 2.45) is 0 Å². The monoisotopic (exact) mass is 605 g/mol. The number of hydrazine groups is 1. The molecule has 2 heterocycles. The Morgan fingerprint density at radius 1 is 1.07 bits per heavy atom. The van der Waals surface area contributed by atoms with E-state index in [9.17, 15) is 22.8 Å². The van der Waals surface area contributed by atoms with Gasteiger partial charge in [0, 0.05) is 25.2 Å². The zero-order chi connectivity index (χ0) is 31.7. The first-order chi connectivity index (χ1) is 20.1. The lowest BCUT2D eigenvalue weighted by molar-refractivity contribution is -0.191. The summed E-state index contributed by atoms with van der Waals surface area (Å²) in [5.41, 5.74) is 2.58. The summed E-state index contributed by atoms with van der Waals surface area (Å²) in [6, 6.07) is 10.1. The van der Waals surface area contributed by atoms with Crippen LogP contribution in [0.2, 0.25) is 0 Å². The van der Waals surface area contributed by atoms with Crippen molar-refractivity contribution in [3.63, 3.8) is 0 Å². The number of carbonyl (C=O) groups is 2. The number of hydrogen-bond acceptors (Lipinski definition) is 8. The van der Waals surface area contributed by atoms with Gasteiger partial charge in [-0.1, -0.05) is 12.1 Å². The van der Waals surface area contributed by atoms with Crippen molar-refractivity contribution >= 4 is 28.7 Å². The molecule has 0 aliphatic carbocycles. The highest BCUT2D eigenvalue weighted by Gasteiger charge is 2.37. The van der Waals surface area contributed by atoms with Crippen molar-refractivity contribution in [3.8, 4) is 5.75 Å². The van der Waals surface area contributed by atoms with E-state index >= 15 is 0 Å². The van der Waals surface area contributed by atoms with Crippen molar-refractivity contribution in [2.45, 2.75) is 64.5 Å². The number of hydrogen-bond donors (Lipinski definition) is 0. The molecule has 2 atom stereocenters. The molecule has 0 spiro atoms. The molecular weight excluding hydrogens is 567 g/mol. The summed E-state index contributed by atoms with van der Waals surface area (Å²) in [5, 5.41) is 4.69. The number of aromatic nitrogens is 1. The van der Waals surface area contributed by atoms with Crippen molar-refractivity contribution in [1.82, 2.24) is 9.58 Å². The van der Waals surface area contributed by atoms with Crippen LogP contribution in [0.25, 0.3) is 10.9 Å². The summed E-state index contributed by atoms with van der Waals surface area (Å²) in [7, 11) is 4.70. The summed E-state index contributed by atoms with van der Waals surface area (Å²) < 4.78 is 62.0. The summed E-state index contributed by atoms with van der Waals surface area (Å²) in [6.45, 7) is 6.31. The lowest BCUT2D eigenvalue weighted by Crippen LogP contribution is -2.49. The number of nitrogens with zero attached hydrogens (tertiary/aromatic N) is 3. The second-order valence-electron chi connectivity index (χ2n) is 11.6. The highest BCUT2D eigenvalue weighted by Crippen LogP contribution is 2.43. The Balaban J connectivity index is 1.76. The van der Waals surface area contributed by atoms with Gasteiger partial charge in [-0.3, -0.25) is 4.57 Å². The molecule has 43 heavy (non-hydrogen) atoms. The van der Waals surface area contributed by atoms with Crippen LogP contribution < -0.4 is 9.75 Å². The highest BCUT2D eigenvalue weighted by molar-refractivity contribution is 6.01. The Hall–Kier alpha value is -3.77. The van der Waals surface area contributed by atoms with Gasteiger partial charge in [-0.2, -0.15) is 13.2 Å². The summed E-state index contributed by atoms with van der Waals surface area (Å²) in [4.78, 5) is 25.1. The number of alkyl halides is 3. The van der Waals surface area contributed by atoms with Gasteiger partial charge in [0.1, 0.15) is 23.6 Å². The Morgan fingerprint density at radius 2 is 1.74 bits per heavy atom. The van der Waals surface area contributed by atoms with Crippen molar-refractivity contribution in [1.29, 1.82) is 0 Å². The third kappa shape index (κ3) is 7.24. The standard InChI is InChI=1S/C31H38F3N3O6/c1-19-16-25(40-6)27(23-13-14-36(26(19)23)29(39)43-30(2,3)4)35(5)37-15-12-22(42-18-31(32,33)34)17-24(37)20-8-10-21(11-9-20)28(38)41-7/h8-11,13-14,16,22,24H,12,15,17-18H2,1-7H3/t22-,24+/m1/s1. The van der Waals surface area contributed by atoms with Crippen molar-refractivity contribution < 1.29 is 41.7 Å². The number of anilines is 1. The molecule has 1 aliphatic heterocycles. The number of benzene rings is 2. The number of esters is 1. The molecule has 3 aromatic rings. The third-order valence-corrected chi connectivity index (χ3v) is 7.34. The lowest BCUT2D eigenvalue weighted by atomic mass is 9.93. The van der Waals surface area contributed by atoms with Gasteiger partial charge in [0.15, 0.2) is 0 Å². The zero-order valence-corrected chi connectivity index (χ0v) is 25.4. The van der Waals surface area contributed by atoms with Gasteiger partial charge in [-0.05, 0) is 75.9 Å². The Labute approximate surface area is 249 Å². The second kappa shape index (κ2) is 12.5. The van der Waals surface area contributed by atoms with Crippen LogP contribution in [0.15, 0.2) is 42.6 Å². The topological polar surface area (TPSA) is 82.5 Å². The minimum atomic E-state index is -4.44. The van der Waals surface area contributed by atoms with Gasteiger partial charge >= 0.3 is 18.2 Å². The Kier molecular flexibility index (Phi) is 9.31. The molecule has 0 radical (unpaired) electrons. The van der Waals surface area contributed by atoms with E-state index in [1.807, 2.05) is 36.1 Å². The van der Waals surface area contributed by atoms with Gasteiger partial charge in [0.2, 0.25) is 0 Å². The van der Waals surface area contributed by atoms with Gasteiger partial charge in [0.05, 0.1) is 37.4 Å². The fourth-order valence-corrected chi connectivity index (χ4v) is 5.48. The van der Waals surface area contributed by atoms with Crippen LogP contribution in [0, 0.1) is 6.92 Å². The van der Waals surface area contributed by atoms with Crippen LogP contribution in [-0.4, -0.2) is 73.9 Å². The number of ether oxygens (including phenoxy) is 4. The normalized spacial score (nSPS) is 18.0. The summed E-state index contributed by atoms with van der Waals surface area (Å²) >= 11 is 0. The fourth-order valence-electron chi connectivity index (χ4n) is 5.48. The molecule has 0 bridgehead atoms. The first-order valence-electron chi connectivity index (χ1n) is 13.9. The van der Waals surface area contributed by atoms with Crippen molar-refractivity contribution in [3.05, 3.63) is 59.3 Å². The summed E-state index contributed by atoms with van der Waals surface area (Å²) in [6.07, 6.45) is -3.31. The van der Waals surface area contributed by atoms with Gasteiger partial charge in [-0.15, -0.1) is 0 Å². The number of aryl methyl sites for hydroxylation is 1. The van der Waals surface area contributed by atoms with Gasteiger partial charge < -0.3 is 24.0 Å². The van der Waals surface area contributed by atoms with E-state index in [1.54, 1.807) is 58.3 Å². The fraction of sp³-hybridized carbons (Fsp3) is 0.484. The Bertz CT molecular complexity index is 1460. The van der Waals surface area contributed by atoms with Crippen LogP contribution in [0.5, 0.6) is 5.75 Å². The molecule has 1 saturated heterocycles. The molecule has 1 aromatic heterocycles. The first-order valence-corrected chi connectivity index (χ1v) is 13.9. The molecule has 0 unspecified atom stereocenters. The predicted octanol–water partition coefficient (Wildman–Crippen LogP) is 6.66. The largest absolute Gasteiger partial charge is 0.494 e. The maximum Gasteiger partial charge on any atom is 0.419 e. The number of carbonyl (C=O) groups excluding carboxylic acids is 2. The van der Waals surface area contributed by atoms with E-state index in [0.29, 0.717) is 35.5 Å². The van der Waals surface area contributed by atoms with Crippen LogP contribution in [0.4, 0.5) is 23.7 Å². The van der Waals surface area contributed by atoms with E-state index < -0.39 is 42.6 Å². The number of halogens is 3. The van der Waals surface area contributed by atoms with E-state index in [-0.39, 0.29) is 6.42 Å². The molecule has 0 N–H and O–H groups in total. The molecular formula is C31H38F3N3O6. The molecule has 0 saturated carbocycles. The molecule has 1 fully saturated rings. The maximum atomic E-state index is 13.1. The number of fused-ring (bicyclic) bond motifs is 1.